The van der Waals surface area contributed by atoms with Crippen LogP contribution in [0.4, 0.5) is 11.4 Å². The van der Waals surface area contributed by atoms with Crippen LogP contribution in [-0.2, 0) is 4.74 Å². The van der Waals surface area contributed by atoms with E-state index in [1.54, 1.807) is 33.5 Å². The molecule has 7 nitrogen and oxygen atoms in total. The van der Waals surface area contributed by atoms with Crippen molar-refractivity contribution in [3.05, 3.63) is 99.3 Å². The molecule has 1 aliphatic rings. The van der Waals surface area contributed by atoms with Crippen LogP contribution >= 0.6 is 0 Å². The Morgan fingerprint density at radius 3 is 2.12 bits per heavy atom. The normalized spacial score (nSPS) is 15.3. The minimum atomic E-state index is -0.389. The maximum atomic E-state index is 11.2. The molecule has 7 heteroatoms. The summed E-state index contributed by atoms with van der Waals surface area (Å²) in [5.41, 5.74) is 3.96. The first-order valence-electron chi connectivity index (χ1n) is 10.1. The zero-order chi connectivity index (χ0) is 22.7. The van der Waals surface area contributed by atoms with Gasteiger partial charge < -0.3 is 19.1 Å². The highest BCUT2D eigenvalue weighted by molar-refractivity contribution is 5.67. The quantitative estimate of drug-likeness (QED) is 0.393. The van der Waals surface area contributed by atoms with E-state index >= 15 is 0 Å². The third-order valence-electron chi connectivity index (χ3n) is 5.63. The van der Waals surface area contributed by atoms with Crippen LogP contribution in [0.5, 0.6) is 11.5 Å². The number of nitro benzene ring substituents is 1. The van der Waals surface area contributed by atoms with Gasteiger partial charge in [0.15, 0.2) is 0 Å². The fraction of sp³-hybridized carbons (Fsp3) is 0.200. The summed E-state index contributed by atoms with van der Waals surface area (Å²) in [7, 11) is 4.93. The number of nitrogens with zero attached hydrogens (tertiary/aromatic N) is 2. The third kappa shape index (κ3) is 4.09. The number of methoxy groups -OCH3 is 3. The summed E-state index contributed by atoms with van der Waals surface area (Å²) in [5.74, 6) is 2.30. The lowest BCUT2D eigenvalue weighted by Gasteiger charge is -2.34. The van der Waals surface area contributed by atoms with E-state index < -0.39 is 0 Å². The van der Waals surface area contributed by atoms with Crippen LogP contribution < -0.4 is 14.4 Å². The minimum Gasteiger partial charge on any atom is -0.499 e. The van der Waals surface area contributed by atoms with Crippen molar-refractivity contribution >= 4 is 17.5 Å². The molecule has 0 amide bonds. The van der Waals surface area contributed by atoms with E-state index in [0.717, 1.165) is 39.6 Å². The van der Waals surface area contributed by atoms with E-state index in [-0.39, 0.29) is 16.7 Å². The SMILES string of the molecule is COC1=Cc2ccc(OC)cc2C(c2ccc([N+](=O)[O-])cc2)N(c2ccc(OC)cc2)C1. The van der Waals surface area contributed by atoms with E-state index in [4.69, 9.17) is 14.2 Å². The van der Waals surface area contributed by atoms with Crippen molar-refractivity contribution in [3.63, 3.8) is 0 Å². The second-order valence-corrected chi connectivity index (χ2v) is 7.39. The Morgan fingerprint density at radius 1 is 0.875 bits per heavy atom. The lowest BCUT2D eigenvalue weighted by atomic mass is 9.93. The van der Waals surface area contributed by atoms with Crippen molar-refractivity contribution in [1.82, 2.24) is 0 Å². The molecule has 0 saturated heterocycles. The number of non-ortho nitro benzene ring substituents is 1. The van der Waals surface area contributed by atoms with Crippen molar-refractivity contribution in [3.8, 4) is 11.5 Å². The largest absolute Gasteiger partial charge is 0.499 e. The second kappa shape index (κ2) is 9.01. The molecule has 164 valence electrons. The topological polar surface area (TPSA) is 74.1 Å². The lowest BCUT2D eigenvalue weighted by Crippen LogP contribution is -2.31. The third-order valence-corrected chi connectivity index (χ3v) is 5.63. The summed E-state index contributed by atoms with van der Waals surface area (Å²) in [5, 5.41) is 11.2. The fourth-order valence-electron chi connectivity index (χ4n) is 3.97. The molecule has 0 aromatic heterocycles. The molecule has 0 N–H and O–H groups in total. The number of hydrogen-bond donors (Lipinski definition) is 0. The Morgan fingerprint density at radius 2 is 1.53 bits per heavy atom. The van der Waals surface area contributed by atoms with Crippen LogP contribution in [-0.4, -0.2) is 32.8 Å². The Balaban J connectivity index is 1.91. The second-order valence-electron chi connectivity index (χ2n) is 7.39. The van der Waals surface area contributed by atoms with E-state index in [9.17, 15) is 10.1 Å². The van der Waals surface area contributed by atoms with Crippen molar-refractivity contribution in [1.29, 1.82) is 0 Å². The van der Waals surface area contributed by atoms with Gasteiger partial charge in [0.1, 0.15) is 17.3 Å². The van der Waals surface area contributed by atoms with Gasteiger partial charge in [0.2, 0.25) is 0 Å². The predicted molar refractivity (Wildman–Crippen MR) is 123 cm³/mol. The maximum Gasteiger partial charge on any atom is 0.269 e. The molecule has 0 bridgehead atoms. The summed E-state index contributed by atoms with van der Waals surface area (Å²) < 4.78 is 16.5. The summed E-state index contributed by atoms with van der Waals surface area (Å²) >= 11 is 0. The van der Waals surface area contributed by atoms with Gasteiger partial charge >= 0.3 is 0 Å². The van der Waals surface area contributed by atoms with Gasteiger partial charge in [-0.15, -0.1) is 0 Å². The summed E-state index contributed by atoms with van der Waals surface area (Å²) in [4.78, 5) is 13.0. The molecular formula is C25H24N2O5. The first kappa shape index (κ1) is 21.2. The zero-order valence-electron chi connectivity index (χ0n) is 18.1. The minimum absolute atomic E-state index is 0.0555. The Labute approximate surface area is 186 Å². The molecule has 1 atom stereocenters. The molecular weight excluding hydrogens is 408 g/mol. The van der Waals surface area contributed by atoms with Gasteiger partial charge in [0.25, 0.3) is 5.69 Å². The van der Waals surface area contributed by atoms with Gasteiger partial charge in [-0.1, -0.05) is 6.07 Å². The number of anilines is 1. The van der Waals surface area contributed by atoms with Crippen LogP contribution in [0, 0.1) is 10.1 Å². The Kier molecular flexibility index (Phi) is 5.98. The van der Waals surface area contributed by atoms with Crippen LogP contribution in [0.3, 0.4) is 0 Å². The first-order valence-corrected chi connectivity index (χ1v) is 10.1. The Hall–Kier alpha value is -4.00. The highest BCUT2D eigenvalue weighted by Crippen LogP contribution is 2.40. The molecule has 4 rings (SSSR count). The number of rotatable bonds is 6. The number of fused-ring (bicyclic) bond motifs is 1. The molecule has 0 aliphatic carbocycles. The van der Waals surface area contributed by atoms with Crippen LogP contribution in [0.25, 0.3) is 6.08 Å². The molecule has 3 aromatic carbocycles. The van der Waals surface area contributed by atoms with Gasteiger partial charge in [-0.25, -0.2) is 0 Å². The molecule has 1 aliphatic heterocycles. The van der Waals surface area contributed by atoms with Crippen molar-refractivity contribution in [2.24, 2.45) is 0 Å². The number of hydrogen-bond acceptors (Lipinski definition) is 6. The molecule has 0 fully saturated rings. The summed E-state index contributed by atoms with van der Waals surface area (Å²) in [6.45, 7) is 0.515. The van der Waals surface area contributed by atoms with Gasteiger partial charge in [0.05, 0.1) is 38.8 Å². The Bertz CT molecular complexity index is 1140. The van der Waals surface area contributed by atoms with E-state index in [1.165, 1.54) is 12.1 Å². The zero-order valence-corrected chi connectivity index (χ0v) is 18.1. The molecule has 0 radical (unpaired) electrons. The highest BCUT2D eigenvalue weighted by Gasteiger charge is 2.29. The smallest absolute Gasteiger partial charge is 0.269 e. The number of benzene rings is 3. The highest BCUT2D eigenvalue weighted by atomic mass is 16.6. The van der Waals surface area contributed by atoms with Crippen molar-refractivity contribution in [2.45, 2.75) is 6.04 Å². The molecule has 32 heavy (non-hydrogen) atoms. The summed E-state index contributed by atoms with van der Waals surface area (Å²) in [6.07, 6.45) is 2.02. The van der Waals surface area contributed by atoms with Crippen LogP contribution in [0.1, 0.15) is 22.7 Å². The average Bonchev–Trinajstić information content (AvgIpc) is 3.00. The first-order chi connectivity index (χ1) is 15.5. The molecule has 1 heterocycles. The number of nitro groups is 1. The van der Waals surface area contributed by atoms with E-state index in [0.29, 0.717) is 6.54 Å². The van der Waals surface area contributed by atoms with Gasteiger partial charge in [0, 0.05) is 17.8 Å². The molecule has 3 aromatic rings. The standard InChI is InChI=1S/C25H24N2O5/c1-30-21-12-9-19(10-13-21)26-16-23(32-3)14-18-6-11-22(31-2)15-24(18)25(26)17-4-7-20(8-5-17)27(28)29/h4-15,25H,16H2,1-3H3. The fourth-order valence-corrected chi connectivity index (χ4v) is 3.97. The average molecular weight is 432 g/mol. The summed E-state index contributed by atoms with van der Waals surface area (Å²) in [6, 6.07) is 20.2. The molecule has 0 saturated carbocycles. The lowest BCUT2D eigenvalue weighted by molar-refractivity contribution is -0.384. The van der Waals surface area contributed by atoms with Gasteiger partial charge in [-0.3, -0.25) is 10.1 Å². The van der Waals surface area contributed by atoms with Gasteiger partial charge in [-0.2, -0.15) is 0 Å². The van der Waals surface area contributed by atoms with Gasteiger partial charge in [-0.05, 0) is 71.3 Å². The predicted octanol–water partition coefficient (Wildman–Crippen LogP) is 5.21. The maximum absolute atomic E-state index is 11.2. The van der Waals surface area contributed by atoms with E-state index in [1.807, 2.05) is 48.5 Å². The molecule has 0 spiro atoms. The monoisotopic (exact) mass is 432 g/mol. The van der Waals surface area contributed by atoms with E-state index in [2.05, 4.69) is 4.90 Å². The van der Waals surface area contributed by atoms with Crippen molar-refractivity contribution < 1.29 is 19.1 Å². The van der Waals surface area contributed by atoms with Crippen LogP contribution in [0.2, 0.25) is 0 Å². The molecule has 1 unspecified atom stereocenters. The van der Waals surface area contributed by atoms with Crippen LogP contribution in [0.15, 0.2) is 72.5 Å². The number of ether oxygens (including phenoxy) is 3. The van der Waals surface area contributed by atoms with Crippen molar-refractivity contribution in [2.75, 3.05) is 32.8 Å².